The van der Waals surface area contributed by atoms with Gasteiger partial charge in [-0.1, -0.05) is 12.1 Å². The van der Waals surface area contributed by atoms with Crippen molar-refractivity contribution in [3.63, 3.8) is 0 Å². The smallest absolute Gasteiger partial charge is 0.416 e. The van der Waals surface area contributed by atoms with Crippen LogP contribution in [0.25, 0.3) is 11.6 Å². The first-order valence-corrected chi connectivity index (χ1v) is 8.97. The highest BCUT2D eigenvalue weighted by atomic mass is 19.4. The number of pyridine rings is 1. The first kappa shape index (κ1) is 22.3. The van der Waals surface area contributed by atoms with E-state index >= 15 is 0 Å². The van der Waals surface area contributed by atoms with Gasteiger partial charge in [-0.15, -0.1) is 0 Å². The van der Waals surface area contributed by atoms with Crippen molar-refractivity contribution in [3.05, 3.63) is 87.7 Å². The Morgan fingerprint density at radius 2 is 1.88 bits per heavy atom. The molecule has 0 radical (unpaired) electrons. The van der Waals surface area contributed by atoms with Crippen LogP contribution in [0.4, 0.5) is 18.9 Å². The molecule has 32 heavy (non-hydrogen) atoms. The number of rotatable bonds is 6. The highest BCUT2D eigenvalue weighted by Crippen LogP contribution is 2.40. The SMILES string of the molecule is COc1cc(/C=C(/C#N)c2ccccn2)ccc1Oc1ccc(C(F)(F)F)cc1[N+](=O)[O-]. The van der Waals surface area contributed by atoms with Crippen LogP contribution in [-0.2, 0) is 6.18 Å². The van der Waals surface area contributed by atoms with Gasteiger partial charge >= 0.3 is 11.9 Å². The molecule has 0 unspecified atom stereocenters. The Balaban J connectivity index is 1.96. The maximum atomic E-state index is 12.9. The molecule has 3 rings (SSSR count). The molecule has 3 aromatic rings. The van der Waals surface area contributed by atoms with Gasteiger partial charge in [-0.2, -0.15) is 18.4 Å². The van der Waals surface area contributed by atoms with Gasteiger partial charge in [-0.05, 0) is 48.0 Å². The number of alkyl halides is 3. The lowest BCUT2D eigenvalue weighted by Crippen LogP contribution is -2.06. The fourth-order valence-corrected chi connectivity index (χ4v) is 2.75. The van der Waals surface area contributed by atoms with Crippen LogP contribution < -0.4 is 9.47 Å². The second-order valence-corrected chi connectivity index (χ2v) is 6.33. The molecule has 162 valence electrons. The number of halogens is 3. The minimum Gasteiger partial charge on any atom is -0.493 e. The second kappa shape index (κ2) is 9.18. The highest BCUT2D eigenvalue weighted by Gasteiger charge is 2.33. The number of benzene rings is 2. The molecule has 0 atom stereocenters. The third-order valence-corrected chi connectivity index (χ3v) is 4.26. The van der Waals surface area contributed by atoms with Gasteiger partial charge in [0.2, 0.25) is 5.75 Å². The number of allylic oxidation sites excluding steroid dienone is 1. The molecule has 0 saturated carbocycles. The van der Waals surface area contributed by atoms with Crippen LogP contribution in [0.1, 0.15) is 16.8 Å². The zero-order valence-corrected chi connectivity index (χ0v) is 16.5. The maximum Gasteiger partial charge on any atom is 0.416 e. The number of methoxy groups -OCH3 is 1. The quantitative estimate of drug-likeness (QED) is 0.269. The number of nitro groups is 1. The van der Waals surface area contributed by atoms with E-state index in [4.69, 9.17) is 9.47 Å². The Bertz CT molecular complexity index is 1220. The Morgan fingerprint density at radius 3 is 2.47 bits per heavy atom. The topological polar surface area (TPSA) is 98.3 Å². The summed E-state index contributed by atoms with van der Waals surface area (Å²) < 4.78 is 49.4. The molecular weight excluding hydrogens is 427 g/mol. The van der Waals surface area contributed by atoms with E-state index in [1.807, 2.05) is 0 Å². The van der Waals surface area contributed by atoms with Crippen molar-refractivity contribution in [2.24, 2.45) is 0 Å². The van der Waals surface area contributed by atoms with Crippen LogP contribution in [0.3, 0.4) is 0 Å². The van der Waals surface area contributed by atoms with Crippen molar-refractivity contribution < 1.29 is 27.6 Å². The second-order valence-electron chi connectivity index (χ2n) is 6.33. The molecule has 0 aliphatic heterocycles. The molecular formula is C22H14F3N3O4. The highest BCUT2D eigenvalue weighted by molar-refractivity contribution is 5.88. The van der Waals surface area contributed by atoms with Crippen molar-refractivity contribution in [2.75, 3.05) is 7.11 Å². The molecule has 0 spiro atoms. The average molecular weight is 441 g/mol. The minimum atomic E-state index is -4.74. The van der Waals surface area contributed by atoms with E-state index in [1.54, 1.807) is 36.5 Å². The number of hydrogen-bond acceptors (Lipinski definition) is 6. The number of nitrogens with zero attached hydrogens (tertiary/aromatic N) is 3. The van der Waals surface area contributed by atoms with Crippen LogP contribution in [0, 0.1) is 21.4 Å². The molecule has 10 heteroatoms. The van der Waals surface area contributed by atoms with Crippen molar-refractivity contribution in [3.8, 4) is 23.3 Å². The summed E-state index contributed by atoms with van der Waals surface area (Å²) in [5, 5.41) is 20.7. The molecule has 0 saturated heterocycles. The summed E-state index contributed by atoms with van der Waals surface area (Å²) in [7, 11) is 1.33. The molecule has 0 bridgehead atoms. The van der Waals surface area contributed by atoms with Crippen LogP contribution in [0.2, 0.25) is 0 Å². The van der Waals surface area contributed by atoms with Gasteiger partial charge in [0.25, 0.3) is 0 Å². The van der Waals surface area contributed by atoms with E-state index in [2.05, 4.69) is 11.1 Å². The summed E-state index contributed by atoms with van der Waals surface area (Å²) in [5.74, 6) is -0.175. The molecule has 0 aliphatic carbocycles. The summed E-state index contributed by atoms with van der Waals surface area (Å²) in [4.78, 5) is 14.4. The summed E-state index contributed by atoms with van der Waals surface area (Å²) in [6.45, 7) is 0. The van der Waals surface area contributed by atoms with E-state index in [9.17, 15) is 28.5 Å². The van der Waals surface area contributed by atoms with E-state index in [0.29, 0.717) is 29.0 Å². The standard InChI is InChI=1S/C22H14F3N3O4/c1-31-21-11-14(10-15(13-26)17-4-2-3-9-27-17)5-7-20(21)32-19-8-6-16(22(23,24)25)12-18(19)28(29)30/h2-12H,1H3/b15-10-. The van der Waals surface area contributed by atoms with Crippen molar-refractivity contribution >= 4 is 17.3 Å². The fourth-order valence-electron chi connectivity index (χ4n) is 2.75. The molecule has 7 nitrogen and oxygen atoms in total. The summed E-state index contributed by atoms with van der Waals surface area (Å²) in [5.41, 5.74) is -0.692. The van der Waals surface area contributed by atoms with Crippen LogP contribution in [-0.4, -0.2) is 17.0 Å². The lowest BCUT2D eigenvalue weighted by atomic mass is 10.1. The van der Waals surface area contributed by atoms with Gasteiger partial charge in [0, 0.05) is 12.3 Å². The molecule has 0 fully saturated rings. The first-order chi connectivity index (χ1) is 15.2. The van der Waals surface area contributed by atoms with Gasteiger partial charge in [-0.3, -0.25) is 15.1 Å². The van der Waals surface area contributed by atoms with Crippen LogP contribution in [0.15, 0.2) is 60.8 Å². The number of nitro benzene ring substituents is 1. The van der Waals surface area contributed by atoms with Gasteiger partial charge in [-0.25, -0.2) is 0 Å². The molecule has 2 aromatic carbocycles. The molecule has 0 amide bonds. The largest absolute Gasteiger partial charge is 0.493 e. The summed E-state index contributed by atoms with van der Waals surface area (Å²) in [6.07, 6.45) is -1.62. The number of aromatic nitrogens is 1. The van der Waals surface area contributed by atoms with Gasteiger partial charge in [0.05, 0.1) is 28.9 Å². The zero-order valence-electron chi connectivity index (χ0n) is 16.5. The maximum absolute atomic E-state index is 12.9. The third-order valence-electron chi connectivity index (χ3n) is 4.26. The zero-order chi connectivity index (χ0) is 23.3. The van der Waals surface area contributed by atoms with Gasteiger partial charge in [0.15, 0.2) is 11.5 Å². The Hall–Kier alpha value is -4.39. The van der Waals surface area contributed by atoms with Crippen molar-refractivity contribution in [1.82, 2.24) is 4.98 Å². The molecule has 1 aromatic heterocycles. The third kappa shape index (κ3) is 5.02. The van der Waals surface area contributed by atoms with E-state index in [-0.39, 0.29) is 17.2 Å². The van der Waals surface area contributed by atoms with E-state index < -0.39 is 22.4 Å². The monoisotopic (exact) mass is 441 g/mol. The molecule has 0 aliphatic rings. The average Bonchev–Trinajstić information content (AvgIpc) is 2.78. The lowest BCUT2D eigenvalue weighted by molar-refractivity contribution is -0.385. The van der Waals surface area contributed by atoms with E-state index in [0.717, 1.165) is 6.07 Å². The minimum absolute atomic E-state index is 0.0452. The van der Waals surface area contributed by atoms with Crippen LogP contribution in [0.5, 0.6) is 17.2 Å². The molecule has 1 heterocycles. The fraction of sp³-hybridized carbons (Fsp3) is 0.0909. The summed E-state index contributed by atoms with van der Waals surface area (Å²) in [6, 6.07) is 13.7. The van der Waals surface area contributed by atoms with E-state index in [1.165, 1.54) is 19.2 Å². The summed E-state index contributed by atoms with van der Waals surface area (Å²) >= 11 is 0. The number of hydrogen-bond donors (Lipinski definition) is 0. The number of nitriles is 1. The predicted octanol–water partition coefficient (Wildman–Crippen LogP) is 5.87. The molecule has 0 N–H and O–H groups in total. The lowest BCUT2D eigenvalue weighted by Gasteiger charge is -2.13. The predicted molar refractivity (Wildman–Crippen MR) is 109 cm³/mol. The van der Waals surface area contributed by atoms with Gasteiger partial charge in [0.1, 0.15) is 6.07 Å². The normalized spacial score (nSPS) is 11.5. The van der Waals surface area contributed by atoms with Crippen molar-refractivity contribution in [2.45, 2.75) is 6.18 Å². The Kier molecular flexibility index (Phi) is 6.39. The Morgan fingerprint density at radius 1 is 1.12 bits per heavy atom. The van der Waals surface area contributed by atoms with Gasteiger partial charge < -0.3 is 9.47 Å². The Labute approximate surface area is 180 Å². The first-order valence-electron chi connectivity index (χ1n) is 8.97. The number of ether oxygens (including phenoxy) is 2. The van der Waals surface area contributed by atoms with Crippen LogP contribution >= 0.6 is 0 Å². The van der Waals surface area contributed by atoms with Crippen molar-refractivity contribution in [1.29, 1.82) is 5.26 Å².